The zero-order valence-corrected chi connectivity index (χ0v) is 11.8. The summed E-state index contributed by atoms with van der Waals surface area (Å²) in [7, 11) is 0. The van der Waals surface area contributed by atoms with Crippen LogP contribution in [0.4, 0.5) is 17.1 Å². The van der Waals surface area contributed by atoms with Gasteiger partial charge in [-0.05, 0) is 30.3 Å². The molecule has 1 aromatic heterocycles. The van der Waals surface area contributed by atoms with Gasteiger partial charge in [-0.2, -0.15) is 0 Å². The summed E-state index contributed by atoms with van der Waals surface area (Å²) >= 11 is 0. The SMILES string of the molecule is Nc1ccc2c(c1)NC(=Nc1cccc3cccnc13)CO2. The summed E-state index contributed by atoms with van der Waals surface area (Å²) in [4.78, 5) is 9.06. The van der Waals surface area contributed by atoms with Crippen molar-refractivity contribution in [2.75, 3.05) is 17.7 Å². The van der Waals surface area contributed by atoms with Crippen LogP contribution >= 0.6 is 0 Å². The summed E-state index contributed by atoms with van der Waals surface area (Å²) in [5.41, 5.74) is 9.01. The summed E-state index contributed by atoms with van der Waals surface area (Å²) < 4.78 is 5.71. The molecule has 0 spiro atoms. The highest BCUT2D eigenvalue weighted by molar-refractivity contribution is 6.03. The highest BCUT2D eigenvalue weighted by atomic mass is 16.5. The van der Waals surface area contributed by atoms with Gasteiger partial charge in [0, 0.05) is 17.3 Å². The summed E-state index contributed by atoms with van der Waals surface area (Å²) in [6, 6.07) is 15.4. The first kappa shape index (κ1) is 12.6. The number of anilines is 2. The average molecular weight is 290 g/mol. The molecule has 3 aromatic rings. The second-order valence-corrected chi connectivity index (χ2v) is 5.08. The van der Waals surface area contributed by atoms with E-state index in [1.165, 1.54) is 0 Å². The number of pyridine rings is 1. The predicted molar refractivity (Wildman–Crippen MR) is 88.8 cm³/mol. The van der Waals surface area contributed by atoms with Crippen LogP contribution in [0, 0.1) is 0 Å². The summed E-state index contributed by atoms with van der Waals surface area (Å²) in [6.45, 7) is 0.389. The van der Waals surface area contributed by atoms with E-state index in [4.69, 9.17) is 10.5 Å². The number of hydrogen-bond donors (Lipinski definition) is 2. The normalized spacial score (nSPS) is 15.2. The molecule has 0 radical (unpaired) electrons. The molecule has 5 heteroatoms. The van der Waals surface area contributed by atoms with Gasteiger partial charge in [0.25, 0.3) is 0 Å². The molecular formula is C17H14N4O. The van der Waals surface area contributed by atoms with E-state index in [0.717, 1.165) is 33.9 Å². The first-order valence-electron chi connectivity index (χ1n) is 7.00. The Labute approximate surface area is 127 Å². The number of aliphatic imine (C=N–C) groups is 1. The van der Waals surface area contributed by atoms with E-state index in [1.54, 1.807) is 6.20 Å². The van der Waals surface area contributed by atoms with Crippen molar-refractivity contribution in [2.24, 2.45) is 4.99 Å². The van der Waals surface area contributed by atoms with E-state index < -0.39 is 0 Å². The van der Waals surface area contributed by atoms with Crippen molar-refractivity contribution in [2.45, 2.75) is 0 Å². The van der Waals surface area contributed by atoms with Gasteiger partial charge in [-0.25, -0.2) is 4.99 Å². The van der Waals surface area contributed by atoms with Crippen molar-refractivity contribution in [1.29, 1.82) is 0 Å². The Balaban J connectivity index is 1.74. The zero-order valence-electron chi connectivity index (χ0n) is 11.8. The van der Waals surface area contributed by atoms with Gasteiger partial charge in [0.1, 0.15) is 18.2 Å². The number of rotatable bonds is 1. The molecular weight excluding hydrogens is 276 g/mol. The summed E-state index contributed by atoms with van der Waals surface area (Å²) in [5.74, 6) is 1.51. The smallest absolute Gasteiger partial charge is 0.146 e. The number of para-hydroxylation sites is 1. The number of nitrogens with zero attached hydrogens (tertiary/aromatic N) is 2. The van der Waals surface area contributed by atoms with Gasteiger partial charge in [-0.15, -0.1) is 0 Å². The summed E-state index contributed by atoms with van der Waals surface area (Å²) in [6.07, 6.45) is 1.77. The van der Waals surface area contributed by atoms with Crippen LogP contribution in [0.3, 0.4) is 0 Å². The predicted octanol–water partition coefficient (Wildman–Crippen LogP) is 3.35. The van der Waals surface area contributed by atoms with E-state index >= 15 is 0 Å². The number of hydrogen-bond acceptors (Lipinski definition) is 4. The summed E-state index contributed by atoms with van der Waals surface area (Å²) in [5, 5.41) is 4.33. The van der Waals surface area contributed by atoms with E-state index in [-0.39, 0.29) is 0 Å². The lowest BCUT2D eigenvalue weighted by molar-refractivity contribution is 0.372. The van der Waals surface area contributed by atoms with Crippen LogP contribution in [0.25, 0.3) is 10.9 Å². The molecule has 0 atom stereocenters. The highest BCUT2D eigenvalue weighted by Crippen LogP contribution is 2.31. The third-order valence-electron chi connectivity index (χ3n) is 3.51. The quantitative estimate of drug-likeness (QED) is 0.674. The first-order chi connectivity index (χ1) is 10.8. The second kappa shape index (κ2) is 5.04. The van der Waals surface area contributed by atoms with Gasteiger partial charge in [0.05, 0.1) is 16.9 Å². The molecule has 1 aliphatic rings. The van der Waals surface area contributed by atoms with Gasteiger partial charge in [0.2, 0.25) is 0 Å². The highest BCUT2D eigenvalue weighted by Gasteiger charge is 2.15. The van der Waals surface area contributed by atoms with Crippen LogP contribution in [-0.4, -0.2) is 17.4 Å². The van der Waals surface area contributed by atoms with E-state index in [2.05, 4.69) is 15.3 Å². The standard InChI is InChI=1S/C17H14N4O/c18-12-6-7-15-14(9-12)21-16(10-22-15)20-13-5-1-3-11-4-2-8-19-17(11)13/h1-9H,10,18H2,(H,20,21). The maximum atomic E-state index is 5.81. The second-order valence-electron chi connectivity index (χ2n) is 5.08. The Bertz CT molecular complexity index is 883. The number of benzene rings is 2. The minimum Gasteiger partial charge on any atom is -0.484 e. The van der Waals surface area contributed by atoms with Crippen molar-refractivity contribution in [3.8, 4) is 5.75 Å². The fraction of sp³-hybridized carbons (Fsp3) is 0.0588. The van der Waals surface area contributed by atoms with Crippen LogP contribution in [0.2, 0.25) is 0 Å². The van der Waals surface area contributed by atoms with Crippen LogP contribution in [0.5, 0.6) is 5.75 Å². The van der Waals surface area contributed by atoms with Gasteiger partial charge < -0.3 is 15.8 Å². The molecule has 0 aliphatic carbocycles. The average Bonchev–Trinajstić information content (AvgIpc) is 2.55. The van der Waals surface area contributed by atoms with Crippen molar-refractivity contribution >= 4 is 33.8 Å². The van der Waals surface area contributed by atoms with Crippen molar-refractivity contribution < 1.29 is 4.74 Å². The van der Waals surface area contributed by atoms with Crippen LogP contribution in [0.1, 0.15) is 0 Å². The molecule has 1 aliphatic heterocycles. The molecule has 5 nitrogen and oxygen atoms in total. The molecule has 0 saturated heterocycles. The third-order valence-corrected chi connectivity index (χ3v) is 3.51. The molecule has 2 heterocycles. The molecule has 108 valence electrons. The molecule has 4 rings (SSSR count). The maximum Gasteiger partial charge on any atom is 0.146 e. The molecule has 0 unspecified atom stereocenters. The lowest BCUT2D eigenvalue weighted by atomic mass is 10.2. The number of nitrogens with one attached hydrogen (secondary N) is 1. The largest absolute Gasteiger partial charge is 0.484 e. The van der Waals surface area contributed by atoms with Gasteiger partial charge in [-0.3, -0.25) is 4.98 Å². The maximum absolute atomic E-state index is 5.81. The van der Waals surface area contributed by atoms with Gasteiger partial charge >= 0.3 is 0 Å². The van der Waals surface area contributed by atoms with Crippen molar-refractivity contribution in [3.05, 3.63) is 54.7 Å². The molecule has 2 aromatic carbocycles. The Hall–Kier alpha value is -3.08. The molecule has 0 saturated carbocycles. The third kappa shape index (κ3) is 2.22. The lowest BCUT2D eigenvalue weighted by Gasteiger charge is -2.21. The van der Waals surface area contributed by atoms with Gasteiger partial charge in [0.15, 0.2) is 0 Å². The molecule has 0 amide bonds. The van der Waals surface area contributed by atoms with E-state index in [9.17, 15) is 0 Å². The van der Waals surface area contributed by atoms with Crippen LogP contribution in [-0.2, 0) is 0 Å². The Morgan fingerprint density at radius 1 is 1.14 bits per heavy atom. The number of ether oxygens (including phenoxy) is 1. The van der Waals surface area contributed by atoms with Crippen molar-refractivity contribution in [3.63, 3.8) is 0 Å². The fourth-order valence-corrected chi connectivity index (χ4v) is 2.49. The number of fused-ring (bicyclic) bond motifs is 2. The fourth-order valence-electron chi connectivity index (χ4n) is 2.49. The number of nitrogen functional groups attached to an aromatic ring is 1. The monoisotopic (exact) mass is 290 g/mol. The van der Waals surface area contributed by atoms with E-state index in [0.29, 0.717) is 12.3 Å². The molecule has 0 fully saturated rings. The van der Waals surface area contributed by atoms with Crippen LogP contribution in [0.15, 0.2) is 59.7 Å². The van der Waals surface area contributed by atoms with Crippen LogP contribution < -0.4 is 15.8 Å². The zero-order chi connectivity index (χ0) is 14.9. The Morgan fingerprint density at radius 3 is 3.00 bits per heavy atom. The number of amidine groups is 1. The Morgan fingerprint density at radius 2 is 2.05 bits per heavy atom. The van der Waals surface area contributed by atoms with Crippen molar-refractivity contribution in [1.82, 2.24) is 4.98 Å². The minimum absolute atomic E-state index is 0.389. The Kier molecular flexibility index (Phi) is 2.89. The first-order valence-corrected chi connectivity index (χ1v) is 7.00. The number of aromatic nitrogens is 1. The van der Waals surface area contributed by atoms with E-state index in [1.807, 2.05) is 48.5 Å². The van der Waals surface area contributed by atoms with Gasteiger partial charge in [-0.1, -0.05) is 18.2 Å². The topological polar surface area (TPSA) is 72.5 Å². The number of nitrogens with two attached hydrogens (primary N) is 1. The molecule has 3 N–H and O–H groups in total. The molecule has 22 heavy (non-hydrogen) atoms. The molecule has 0 bridgehead atoms. The minimum atomic E-state index is 0.389. The lowest BCUT2D eigenvalue weighted by Crippen LogP contribution is -2.25.